The number of amidine groups is 1. The molecule has 11 heteroatoms. The van der Waals surface area contributed by atoms with Gasteiger partial charge in [0.15, 0.2) is 0 Å². The van der Waals surface area contributed by atoms with Crippen molar-refractivity contribution in [2.75, 3.05) is 39.5 Å². The Morgan fingerprint density at radius 3 is 2.52 bits per heavy atom. The van der Waals surface area contributed by atoms with Gasteiger partial charge in [-0.15, -0.1) is 0 Å². The molecule has 0 radical (unpaired) electrons. The molecule has 0 unspecified atom stereocenters. The highest BCUT2D eigenvalue weighted by Crippen LogP contribution is 2.47. The Bertz CT molecular complexity index is 627. The van der Waals surface area contributed by atoms with Crippen molar-refractivity contribution in [2.24, 2.45) is 10.8 Å². The van der Waals surface area contributed by atoms with Crippen molar-refractivity contribution in [3.05, 3.63) is 11.9 Å². The number of nitrogens with zero attached hydrogens (tertiary/aromatic N) is 3. The van der Waals surface area contributed by atoms with Crippen molar-refractivity contribution in [3.63, 3.8) is 0 Å². The number of carbonyl (C=O) groups is 2. The van der Waals surface area contributed by atoms with E-state index in [0.29, 0.717) is 18.1 Å². The van der Waals surface area contributed by atoms with E-state index in [2.05, 4.69) is 10.3 Å². The van der Waals surface area contributed by atoms with Gasteiger partial charge in [-0.2, -0.15) is 0 Å². The molecule has 0 aromatic heterocycles. The molecule has 0 saturated heterocycles. The van der Waals surface area contributed by atoms with Crippen LogP contribution in [0.2, 0.25) is 0 Å². The fraction of sp³-hybridized carbons (Fsp3) is 0.688. The molecule has 154 valence electrons. The van der Waals surface area contributed by atoms with Crippen LogP contribution < -0.4 is 11.2 Å². The molecule has 1 aliphatic rings. The molecule has 1 aliphatic heterocycles. The minimum absolute atomic E-state index is 0.0264. The molecule has 0 spiro atoms. The van der Waals surface area contributed by atoms with E-state index in [1.807, 2.05) is 0 Å². The monoisotopic (exact) mass is 403 g/mol. The molecule has 3 N–H and O–H groups in total. The third kappa shape index (κ3) is 7.80. The summed E-state index contributed by atoms with van der Waals surface area (Å²) in [4.78, 5) is 29.7. The molecule has 1 heterocycles. The number of rotatable bonds is 11. The number of hydrogen-bond donors (Lipinski definition) is 2. The lowest BCUT2D eigenvalue weighted by Gasteiger charge is -2.28. The topological polar surface area (TPSA) is 127 Å². The largest absolute Gasteiger partial charge is 0.355 e. The van der Waals surface area contributed by atoms with Crippen LogP contribution in [0.5, 0.6) is 0 Å². The second kappa shape index (κ2) is 11.2. The molecule has 0 aromatic carbocycles. The van der Waals surface area contributed by atoms with E-state index < -0.39 is 7.60 Å². The first kappa shape index (κ1) is 23.3. The number of aliphatic imine (C=N–C) groups is 1. The SMILES string of the molecule is CCOP(=O)(CCNC(=O)CCC(=O)N(C)C1=CN=C(C)N(N)C1)OCC. The minimum atomic E-state index is -3.19. The van der Waals surface area contributed by atoms with E-state index in [1.54, 1.807) is 34.0 Å². The molecular weight excluding hydrogens is 373 g/mol. The average molecular weight is 403 g/mol. The van der Waals surface area contributed by atoms with E-state index >= 15 is 0 Å². The zero-order chi connectivity index (χ0) is 20.4. The normalized spacial score (nSPS) is 14.5. The first-order valence-electron chi connectivity index (χ1n) is 8.89. The highest BCUT2D eigenvalue weighted by atomic mass is 31.2. The molecule has 2 amide bonds. The van der Waals surface area contributed by atoms with Gasteiger partial charge in [0.2, 0.25) is 11.8 Å². The summed E-state index contributed by atoms with van der Waals surface area (Å²) < 4.78 is 22.6. The van der Waals surface area contributed by atoms with Crippen LogP contribution in [0.1, 0.15) is 33.6 Å². The van der Waals surface area contributed by atoms with Crippen LogP contribution in [0.25, 0.3) is 0 Å². The van der Waals surface area contributed by atoms with Crippen LogP contribution in [0, 0.1) is 0 Å². The van der Waals surface area contributed by atoms with Crippen LogP contribution in [0.3, 0.4) is 0 Å². The maximum absolute atomic E-state index is 12.3. The molecule has 0 bridgehead atoms. The number of carbonyl (C=O) groups excluding carboxylic acids is 2. The standard InChI is InChI=1S/C16H30N5O5P/c1-5-25-27(24,26-6-2)10-9-18-15(22)7-8-16(23)20(4)14-11-19-13(3)21(17)12-14/h11H,5-10,12,17H2,1-4H3,(H,18,22). The van der Waals surface area contributed by atoms with Crippen LogP contribution >= 0.6 is 7.60 Å². The summed E-state index contributed by atoms with van der Waals surface area (Å²) in [6, 6.07) is 0. The fourth-order valence-electron chi connectivity index (χ4n) is 2.29. The summed E-state index contributed by atoms with van der Waals surface area (Å²) in [6.07, 6.45) is 1.75. The van der Waals surface area contributed by atoms with Crippen molar-refractivity contribution < 1.29 is 23.2 Å². The summed E-state index contributed by atoms with van der Waals surface area (Å²) in [7, 11) is -1.56. The van der Waals surface area contributed by atoms with Crippen molar-refractivity contribution in [1.29, 1.82) is 0 Å². The van der Waals surface area contributed by atoms with Gasteiger partial charge in [-0.25, -0.2) is 10.8 Å². The third-order valence-electron chi connectivity index (χ3n) is 3.88. The van der Waals surface area contributed by atoms with E-state index in [9.17, 15) is 14.2 Å². The van der Waals surface area contributed by atoms with E-state index in [0.717, 1.165) is 0 Å². The van der Waals surface area contributed by atoms with Crippen molar-refractivity contribution >= 4 is 25.2 Å². The van der Waals surface area contributed by atoms with Crippen molar-refractivity contribution in [3.8, 4) is 0 Å². The number of amides is 2. The Balaban J connectivity index is 2.39. The van der Waals surface area contributed by atoms with Gasteiger partial charge in [0, 0.05) is 26.4 Å². The Hall–Kier alpha value is -1.74. The summed E-state index contributed by atoms with van der Waals surface area (Å²) >= 11 is 0. The predicted octanol–water partition coefficient (Wildman–Crippen LogP) is 1.06. The van der Waals surface area contributed by atoms with Crippen molar-refractivity contribution in [2.45, 2.75) is 33.6 Å². The number of nitrogens with one attached hydrogen (secondary N) is 1. The van der Waals surface area contributed by atoms with Gasteiger partial charge in [-0.3, -0.25) is 19.2 Å². The molecule has 0 fully saturated rings. The van der Waals surface area contributed by atoms with E-state index in [1.165, 1.54) is 9.91 Å². The summed E-state index contributed by atoms with van der Waals surface area (Å²) in [5.74, 6) is 5.92. The lowest BCUT2D eigenvalue weighted by molar-refractivity contribution is -0.131. The van der Waals surface area contributed by atoms with Gasteiger partial charge in [-0.05, 0) is 20.8 Å². The van der Waals surface area contributed by atoms with Crippen molar-refractivity contribution in [1.82, 2.24) is 15.2 Å². The zero-order valence-electron chi connectivity index (χ0n) is 16.4. The van der Waals surface area contributed by atoms with Gasteiger partial charge in [0.1, 0.15) is 5.84 Å². The Morgan fingerprint density at radius 1 is 1.33 bits per heavy atom. The predicted molar refractivity (Wildman–Crippen MR) is 103 cm³/mol. The number of hydrogen-bond acceptors (Lipinski definition) is 8. The maximum Gasteiger partial charge on any atom is 0.332 e. The quantitative estimate of drug-likeness (QED) is 0.390. The van der Waals surface area contributed by atoms with Crippen LogP contribution in [0.4, 0.5) is 0 Å². The zero-order valence-corrected chi connectivity index (χ0v) is 17.3. The van der Waals surface area contributed by atoms with Crippen LogP contribution in [-0.2, 0) is 23.2 Å². The Kier molecular flexibility index (Phi) is 9.65. The molecule has 10 nitrogen and oxygen atoms in total. The summed E-state index contributed by atoms with van der Waals surface area (Å²) in [6.45, 7) is 6.29. The lowest BCUT2D eigenvalue weighted by Crippen LogP contribution is -2.43. The highest BCUT2D eigenvalue weighted by molar-refractivity contribution is 7.53. The second-order valence-corrected chi connectivity index (χ2v) is 8.08. The van der Waals surface area contributed by atoms with Crippen LogP contribution in [0.15, 0.2) is 16.9 Å². The lowest BCUT2D eigenvalue weighted by atomic mass is 10.2. The Morgan fingerprint density at radius 2 is 1.96 bits per heavy atom. The van der Waals surface area contributed by atoms with Gasteiger partial charge in [0.05, 0.1) is 37.8 Å². The molecule has 0 atom stereocenters. The summed E-state index contributed by atoms with van der Waals surface area (Å²) in [5, 5.41) is 4.08. The number of likely N-dealkylation sites (N-methyl/N-ethyl adjacent to an activating group) is 1. The van der Waals surface area contributed by atoms with Gasteiger partial charge in [0.25, 0.3) is 0 Å². The van der Waals surface area contributed by atoms with E-state index in [-0.39, 0.29) is 50.6 Å². The summed E-state index contributed by atoms with van der Waals surface area (Å²) in [5.41, 5.74) is 0.655. The van der Waals surface area contributed by atoms with E-state index in [4.69, 9.17) is 14.9 Å². The average Bonchev–Trinajstić information content (AvgIpc) is 2.61. The van der Waals surface area contributed by atoms with Gasteiger partial charge < -0.3 is 19.3 Å². The van der Waals surface area contributed by atoms with Crippen LogP contribution in [-0.4, -0.2) is 67.1 Å². The molecule has 0 saturated carbocycles. The second-order valence-electron chi connectivity index (χ2n) is 5.90. The molecule has 27 heavy (non-hydrogen) atoms. The minimum Gasteiger partial charge on any atom is -0.355 e. The molecule has 0 aliphatic carbocycles. The first-order valence-corrected chi connectivity index (χ1v) is 10.6. The Labute approximate surface area is 160 Å². The van der Waals surface area contributed by atoms with Gasteiger partial charge >= 0.3 is 7.60 Å². The smallest absolute Gasteiger partial charge is 0.332 e. The first-order chi connectivity index (χ1) is 12.7. The molecular formula is C16H30N5O5P. The fourth-order valence-corrected chi connectivity index (χ4v) is 3.80. The highest BCUT2D eigenvalue weighted by Gasteiger charge is 2.23. The number of hydrazine groups is 1. The number of nitrogens with two attached hydrogens (primary N) is 1. The molecule has 0 aromatic rings. The maximum atomic E-state index is 12.3. The third-order valence-corrected chi connectivity index (χ3v) is 5.95. The van der Waals surface area contributed by atoms with Gasteiger partial charge in [-0.1, -0.05) is 0 Å². The molecule has 1 rings (SSSR count).